The average molecular weight is 432 g/mol. The van der Waals surface area contributed by atoms with Gasteiger partial charge >= 0.3 is 0 Å². The van der Waals surface area contributed by atoms with Crippen LogP contribution in [0.5, 0.6) is 0 Å². The van der Waals surface area contributed by atoms with Crippen molar-refractivity contribution >= 4 is 42.1 Å². The maximum Gasteiger partial charge on any atom is 0.228 e. The average Bonchev–Trinajstić information content (AvgIpc) is 3.15. The number of carbonyl (C=O) groups is 1. The number of rotatable bonds is 4. The Morgan fingerprint density at radius 1 is 1.19 bits per heavy atom. The molecule has 1 N–H and O–H groups in total. The number of nitrogens with one attached hydrogen (secondary N) is 1. The summed E-state index contributed by atoms with van der Waals surface area (Å²) in [6, 6.07) is 7.54. The number of benzene rings is 1. The minimum absolute atomic E-state index is 0. The Labute approximate surface area is 175 Å². The number of aromatic nitrogens is 1. The number of thiazole rings is 1. The lowest BCUT2D eigenvalue weighted by Gasteiger charge is -2.24. The van der Waals surface area contributed by atoms with Crippen LogP contribution >= 0.6 is 36.2 Å². The molecule has 148 valence electrons. The van der Waals surface area contributed by atoms with Crippen LogP contribution in [0.15, 0.2) is 29.6 Å². The molecule has 4 rings (SSSR count). The van der Waals surface area contributed by atoms with Crippen LogP contribution in [0.3, 0.4) is 0 Å². The van der Waals surface area contributed by atoms with Crippen molar-refractivity contribution in [2.24, 2.45) is 0 Å². The first kappa shape index (κ1) is 22.1. The fraction of sp³-hybridized carbons (Fsp3) is 0.474. The molecule has 2 fully saturated rings. The van der Waals surface area contributed by atoms with E-state index in [1.54, 1.807) is 23.5 Å². The summed E-state index contributed by atoms with van der Waals surface area (Å²) in [5.41, 5.74) is 1.87. The van der Waals surface area contributed by atoms with E-state index in [2.05, 4.69) is 10.3 Å². The largest absolute Gasteiger partial charge is 0.341 e. The van der Waals surface area contributed by atoms with Gasteiger partial charge in [-0.25, -0.2) is 9.37 Å². The zero-order valence-corrected chi connectivity index (χ0v) is 17.3. The Hall–Kier alpha value is -1.21. The van der Waals surface area contributed by atoms with E-state index in [9.17, 15) is 9.18 Å². The molecule has 1 amide bonds. The van der Waals surface area contributed by atoms with Gasteiger partial charge in [0.2, 0.25) is 5.91 Å². The highest BCUT2D eigenvalue weighted by Crippen LogP contribution is 2.21. The zero-order chi connectivity index (χ0) is 17.2. The Morgan fingerprint density at radius 2 is 1.93 bits per heavy atom. The number of carbonyl (C=O) groups excluding carboxylic acids is 1. The molecular formula is C19H24Cl2FN3OS. The van der Waals surface area contributed by atoms with Crippen molar-refractivity contribution in [3.8, 4) is 0 Å². The van der Waals surface area contributed by atoms with Gasteiger partial charge in [0.15, 0.2) is 0 Å². The molecule has 1 aromatic carbocycles. The van der Waals surface area contributed by atoms with Crippen LogP contribution in [-0.4, -0.2) is 41.0 Å². The first-order chi connectivity index (χ1) is 12.2. The van der Waals surface area contributed by atoms with E-state index in [4.69, 9.17) is 0 Å². The molecule has 2 saturated heterocycles. The van der Waals surface area contributed by atoms with E-state index in [1.165, 1.54) is 25.0 Å². The topological polar surface area (TPSA) is 45.2 Å². The van der Waals surface area contributed by atoms with Gasteiger partial charge in [0, 0.05) is 37.0 Å². The summed E-state index contributed by atoms with van der Waals surface area (Å²) in [5, 5.41) is 6.54. The summed E-state index contributed by atoms with van der Waals surface area (Å²) in [4.78, 5) is 19.2. The molecule has 0 radical (unpaired) electrons. The fourth-order valence-corrected chi connectivity index (χ4v) is 4.55. The van der Waals surface area contributed by atoms with Gasteiger partial charge < -0.3 is 10.2 Å². The summed E-state index contributed by atoms with van der Waals surface area (Å²) in [5.74, 6) is -0.0530. The molecule has 0 spiro atoms. The third-order valence-corrected chi connectivity index (χ3v) is 5.97. The standard InChI is InChI=1S/C19H22FN3OS.2ClH/c20-14-3-1-13(2-4-14)9-18-22-17(12-25-18)10-19(24)23-8-7-15-5-6-16(11-23)21-15;;/h1-4,12,15-16,21H,5-11H2;2*1H. The normalized spacial score (nSPS) is 21.1. The zero-order valence-electron chi connectivity index (χ0n) is 14.9. The van der Waals surface area contributed by atoms with Gasteiger partial charge in [0.1, 0.15) is 5.82 Å². The van der Waals surface area contributed by atoms with Gasteiger partial charge in [-0.15, -0.1) is 36.2 Å². The summed E-state index contributed by atoms with van der Waals surface area (Å²) in [7, 11) is 0. The number of amides is 1. The first-order valence-electron chi connectivity index (χ1n) is 8.87. The van der Waals surface area contributed by atoms with Crippen LogP contribution < -0.4 is 5.32 Å². The number of halogens is 3. The highest BCUT2D eigenvalue weighted by Gasteiger charge is 2.31. The molecule has 0 aliphatic carbocycles. The van der Waals surface area contributed by atoms with Crippen molar-refractivity contribution in [1.82, 2.24) is 15.2 Å². The minimum atomic E-state index is -0.227. The van der Waals surface area contributed by atoms with Crippen molar-refractivity contribution < 1.29 is 9.18 Å². The smallest absolute Gasteiger partial charge is 0.228 e. The fourth-order valence-electron chi connectivity index (χ4n) is 3.72. The third kappa shape index (κ3) is 5.64. The second-order valence-electron chi connectivity index (χ2n) is 6.98. The van der Waals surface area contributed by atoms with Crippen molar-refractivity contribution in [3.05, 3.63) is 51.7 Å². The summed E-state index contributed by atoms with van der Waals surface area (Å²) < 4.78 is 13.0. The molecular weight excluding hydrogens is 408 g/mol. The van der Waals surface area contributed by atoms with E-state index in [0.29, 0.717) is 24.9 Å². The SMILES string of the molecule is Cl.Cl.O=C(Cc1csc(Cc2ccc(F)cc2)n1)N1CCC2CCC(C1)N2. The summed E-state index contributed by atoms with van der Waals surface area (Å²) in [6.45, 7) is 1.67. The molecule has 2 atom stereocenters. The van der Waals surface area contributed by atoms with Crippen LogP contribution in [0.25, 0.3) is 0 Å². The quantitative estimate of drug-likeness (QED) is 0.803. The molecule has 3 heterocycles. The van der Waals surface area contributed by atoms with Gasteiger partial charge in [-0.3, -0.25) is 4.79 Å². The van der Waals surface area contributed by atoms with Crippen LogP contribution in [0.2, 0.25) is 0 Å². The monoisotopic (exact) mass is 431 g/mol. The molecule has 2 aromatic rings. The maximum absolute atomic E-state index is 13.0. The first-order valence-corrected chi connectivity index (χ1v) is 9.75. The maximum atomic E-state index is 13.0. The van der Waals surface area contributed by atoms with Crippen molar-refractivity contribution in [2.75, 3.05) is 13.1 Å². The van der Waals surface area contributed by atoms with Gasteiger partial charge in [-0.05, 0) is 37.0 Å². The lowest BCUT2D eigenvalue weighted by atomic mass is 10.1. The lowest BCUT2D eigenvalue weighted by molar-refractivity contribution is -0.130. The lowest BCUT2D eigenvalue weighted by Crippen LogP contribution is -2.39. The number of hydrogen-bond donors (Lipinski definition) is 1. The van der Waals surface area contributed by atoms with Gasteiger partial charge in [0.05, 0.1) is 17.1 Å². The Bertz CT molecular complexity index is 756. The molecule has 8 heteroatoms. The second-order valence-corrected chi connectivity index (χ2v) is 7.92. The van der Waals surface area contributed by atoms with Gasteiger partial charge in [0.25, 0.3) is 0 Å². The summed E-state index contributed by atoms with van der Waals surface area (Å²) >= 11 is 1.57. The van der Waals surface area contributed by atoms with Gasteiger partial charge in [-0.2, -0.15) is 0 Å². The van der Waals surface area contributed by atoms with Gasteiger partial charge in [-0.1, -0.05) is 12.1 Å². The Morgan fingerprint density at radius 3 is 2.70 bits per heavy atom. The predicted octanol–water partition coefficient (Wildman–Crippen LogP) is 3.61. The Kier molecular flexibility index (Phi) is 8.04. The summed E-state index contributed by atoms with van der Waals surface area (Å²) in [6.07, 6.45) is 4.52. The van der Waals surface area contributed by atoms with Crippen LogP contribution in [-0.2, 0) is 17.6 Å². The highest BCUT2D eigenvalue weighted by atomic mass is 35.5. The van der Waals surface area contributed by atoms with E-state index >= 15 is 0 Å². The third-order valence-electron chi connectivity index (χ3n) is 5.08. The van der Waals surface area contributed by atoms with E-state index < -0.39 is 0 Å². The molecule has 0 saturated carbocycles. The Balaban J connectivity index is 0.00000131. The van der Waals surface area contributed by atoms with E-state index in [-0.39, 0.29) is 36.5 Å². The number of nitrogens with zero attached hydrogens (tertiary/aromatic N) is 2. The van der Waals surface area contributed by atoms with Crippen LogP contribution in [0, 0.1) is 5.82 Å². The van der Waals surface area contributed by atoms with Crippen LogP contribution in [0.1, 0.15) is 35.5 Å². The molecule has 2 aliphatic heterocycles. The van der Waals surface area contributed by atoms with Crippen molar-refractivity contribution in [3.63, 3.8) is 0 Å². The molecule has 2 bridgehead atoms. The molecule has 1 aromatic heterocycles. The van der Waals surface area contributed by atoms with E-state index in [1.807, 2.05) is 10.3 Å². The molecule has 2 unspecified atom stereocenters. The molecule has 4 nitrogen and oxygen atoms in total. The van der Waals surface area contributed by atoms with E-state index in [0.717, 1.165) is 35.8 Å². The minimum Gasteiger partial charge on any atom is -0.341 e. The highest BCUT2D eigenvalue weighted by molar-refractivity contribution is 7.09. The van der Waals surface area contributed by atoms with Crippen molar-refractivity contribution in [1.29, 1.82) is 0 Å². The number of likely N-dealkylation sites (tertiary alicyclic amines) is 1. The van der Waals surface area contributed by atoms with Crippen molar-refractivity contribution in [2.45, 2.75) is 44.2 Å². The predicted molar refractivity (Wildman–Crippen MR) is 111 cm³/mol. The number of fused-ring (bicyclic) bond motifs is 2. The molecule has 27 heavy (non-hydrogen) atoms. The van der Waals surface area contributed by atoms with Crippen LogP contribution in [0.4, 0.5) is 4.39 Å². The number of hydrogen-bond acceptors (Lipinski definition) is 4. The molecule has 2 aliphatic rings. The second kappa shape index (κ2) is 9.82.